The number of rotatable bonds is 9. The molecule has 1 heterocycles. The van der Waals surface area contributed by atoms with E-state index >= 15 is 0 Å². The van der Waals surface area contributed by atoms with Gasteiger partial charge in [0.25, 0.3) is 5.91 Å². The molecule has 1 aliphatic rings. The van der Waals surface area contributed by atoms with E-state index in [-0.39, 0.29) is 5.91 Å². The molecule has 1 N–H and O–H groups in total. The first-order chi connectivity index (χ1) is 12.5. The Balaban J connectivity index is 1.84. The lowest BCUT2D eigenvalue weighted by Gasteiger charge is -2.30. The summed E-state index contributed by atoms with van der Waals surface area (Å²) in [7, 11) is 1.60. The predicted octanol–water partition coefficient (Wildman–Crippen LogP) is 3.58. The van der Waals surface area contributed by atoms with Gasteiger partial charge in [-0.2, -0.15) is 0 Å². The maximum absolute atomic E-state index is 12.4. The van der Waals surface area contributed by atoms with E-state index in [0.29, 0.717) is 36.1 Å². The minimum absolute atomic E-state index is 0.0675. The topological polar surface area (TPSA) is 50.8 Å². The molecule has 1 unspecified atom stereocenters. The first-order valence-corrected chi connectivity index (χ1v) is 9.81. The molecule has 0 aromatic heterocycles. The Morgan fingerprint density at radius 3 is 2.85 bits per heavy atom. The van der Waals surface area contributed by atoms with Gasteiger partial charge in [0, 0.05) is 25.2 Å². The maximum atomic E-state index is 12.4. The summed E-state index contributed by atoms with van der Waals surface area (Å²) in [6, 6.07) is 5.37. The van der Waals surface area contributed by atoms with Gasteiger partial charge in [-0.3, -0.25) is 4.79 Å². The van der Waals surface area contributed by atoms with E-state index in [2.05, 4.69) is 31.0 Å². The number of nitrogens with one attached hydrogen (secondary N) is 1. The third kappa shape index (κ3) is 6.52. The second-order valence-corrected chi connectivity index (χ2v) is 7.70. The second kappa shape index (κ2) is 10.4. The molecule has 26 heavy (non-hydrogen) atoms. The molecule has 0 saturated carbocycles. The van der Waals surface area contributed by atoms with Crippen molar-refractivity contribution in [1.29, 1.82) is 0 Å². The molecule has 1 aromatic carbocycles. The third-order valence-corrected chi connectivity index (χ3v) is 4.83. The second-order valence-electron chi connectivity index (χ2n) is 7.70. The molecule has 1 aliphatic heterocycles. The molecular weight excluding hydrogens is 328 g/mol. The van der Waals surface area contributed by atoms with Gasteiger partial charge in [-0.15, -0.1) is 0 Å². The van der Waals surface area contributed by atoms with E-state index in [1.165, 1.54) is 12.8 Å². The number of hydrogen-bond donors (Lipinski definition) is 1. The summed E-state index contributed by atoms with van der Waals surface area (Å²) in [5, 5.41) is 3.01. The quantitative estimate of drug-likeness (QED) is 0.729. The van der Waals surface area contributed by atoms with Gasteiger partial charge in [-0.05, 0) is 55.8 Å². The first-order valence-electron chi connectivity index (χ1n) is 9.81. The van der Waals surface area contributed by atoms with Crippen LogP contribution in [0.3, 0.4) is 0 Å². The van der Waals surface area contributed by atoms with Crippen LogP contribution in [-0.2, 0) is 0 Å². The predicted molar refractivity (Wildman–Crippen MR) is 105 cm³/mol. The normalized spacial score (nSPS) is 18.0. The van der Waals surface area contributed by atoms with Gasteiger partial charge >= 0.3 is 0 Å². The number of ether oxygens (including phenoxy) is 2. The number of methoxy groups -OCH3 is 1. The summed E-state index contributed by atoms with van der Waals surface area (Å²) in [6.45, 7) is 11.1. The molecule has 5 nitrogen and oxygen atoms in total. The van der Waals surface area contributed by atoms with E-state index < -0.39 is 0 Å². The number of piperidine rings is 1. The number of carbonyl (C=O) groups is 1. The molecule has 5 heteroatoms. The summed E-state index contributed by atoms with van der Waals surface area (Å²) in [5.41, 5.74) is 0.602. The van der Waals surface area contributed by atoms with Crippen molar-refractivity contribution < 1.29 is 14.3 Å². The fraction of sp³-hybridized carbons (Fsp3) is 0.667. The highest BCUT2D eigenvalue weighted by atomic mass is 16.5. The highest BCUT2D eigenvalue weighted by Crippen LogP contribution is 2.28. The van der Waals surface area contributed by atoms with Crippen LogP contribution in [0, 0.1) is 11.8 Å². The summed E-state index contributed by atoms with van der Waals surface area (Å²) >= 11 is 0. The van der Waals surface area contributed by atoms with Crippen LogP contribution < -0.4 is 14.8 Å². The van der Waals surface area contributed by atoms with Gasteiger partial charge in [0.1, 0.15) is 0 Å². The summed E-state index contributed by atoms with van der Waals surface area (Å²) in [4.78, 5) is 14.8. The lowest BCUT2D eigenvalue weighted by molar-refractivity contribution is 0.0943. The van der Waals surface area contributed by atoms with Gasteiger partial charge in [0.15, 0.2) is 11.5 Å². The van der Waals surface area contributed by atoms with Crippen molar-refractivity contribution in [2.45, 2.75) is 40.0 Å². The maximum Gasteiger partial charge on any atom is 0.251 e. The molecular formula is C21H34N2O3. The van der Waals surface area contributed by atoms with E-state index in [1.54, 1.807) is 19.2 Å². The average molecular weight is 363 g/mol. The molecule has 1 fully saturated rings. The fourth-order valence-corrected chi connectivity index (χ4v) is 3.25. The molecule has 0 spiro atoms. The Hall–Kier alpha value is -1.75. The van der Waals surface area contributed by atoms with Crippen LogP contribution in [0.2, 0.25) is 0 Å². The molecule has 2 rings (SSSR count). The zero-order chi connectivity index (χ0) is 18.9. The third-order valence-electron chi connectivity index (χ3n) is 4.83. The summed E-state index contributed by atoms with van der Waals surface area (Å²) < 4.78 is 11.2. The molecule has 1 aromatic rings. The van der Waals surface area contributed by atoms with Crippen molar-refractivity contribution in [3.05, 3.63) is 23.8 Å². The highest BCUT2D eigenvalue weighted by Gasteiger charge is 2.16. The highest BCUT2D eigenvalue weighted by molar-refractivity contribution is 5.94. The van der Waals surface area contributed by atoms with E-state index in [1.807, 2.05) is 6.07 Å². The molecule has 0 aliphatic carbocycles. The smallest absolute Gasteiger partial charge is 0.251 e. The Kier molecular flexibility index (Phi) is 8.23. The van der Waals surface area contributed by atoms with Gasteiger partial charge < -0.3 is 19.7 Å². The van der Waals surface area contributed by atoms with E-state index in [9.17, 15) is 4.79 Å². The number of likely N-dealkylation sites (tertiary alicyclic amines) is 1. The van der Waals surface area contributed by atoms with Crippen LogP contribution in [0.25, 0.3) is 0 Å². The minimum atomic E-state index is -0.0675. The van der Waals surface area contributed by atoms with Gasteiger partial charge in [0.2, 0.25) is 0 Å². The zero-order valence-electron chi connectivity index (χ0n) is 16.7. The van der Waals surface area contributed by atoms with Gasteiger partial charge in [-0.1, -0.05) is 20.8 Å². The lowest BCUT2D eigenvalue weighted by Crippen LogP contribution is -2.40. The van der Waals surface area contributed by atoms with Crippen LogP contribution in [0.4, 0.5) is 0 Å². The van der Waals surface area contributed by atoms with Crippen molar-refractivity contribution in [2.24, 2.45) is 11.8 Å². The SMILES string of the molecule is COc1cc(C(=O)NCCN2CCCC(C)C2)ccc1OCCC(C)C. The van der Waals surface area contributed by atoms with Gasteiger partial charge in [0.05, 0.1) is 13.7 Å². The van der Waals surface area contributed by atoms with Crippen molar-refractivity contribution in [2.75, 3.05) is 39.9 Å². The molecule has 0 bridgehead atoms. The van der Waals surface area contributed by atoms with Crippen LogP contribution in [0.15, 0.2) is 18.2 Å². The van der Waals surface area contributed by atoms with Gasteiger partial charge in [-0.25, -0.2) is 0 Å². The van der Waals surface area contributed by atoms with E-state index in [0.717, 1.165) is 32.0 Å². The molecule has 1 amide bonds. The molecule has 1 atom stereocenters. The molecule has 0 radical (unpaired) electrons. The van der Waals surface area contributed by atoms with Crippen LogP contribution in [0.1, 0.15) is 50.4 Å². The van der Waals surface area contributed by atoms with Crippen LogP contribution in [0.5, 0.6) is 11.5 Å². The zero-order valence-corrected chi connectivity index (χ0v) is 16.7. The van der Waals surface area contributed by atoms with Crippen LogP contribution in [-0.4, -0.2) is 50.7 Å². The Morgan fingerprint density at radius 1 is 1.35 bits per heavy atom. The monoisotopic (exact) mass is 362 g/mol. The summed E-state index contributed by atoms with van der Waals surface area (Å²) in [6.07, 6.45) is 3.55. The Bertz CT molecular complexity index is 574. The number of nitrogens with zero attached hydrogens (tertiary/aromatic N) is 1. The largest absolute Gasteiger partial charge is 0.493 e. The van der Waals surface area contributed by atoms with Crippen LogP contribution >= 0.6 is 0 Å². The number of carbonyl (C=O) groups excluding carboxylic acids is 1. The lowest BCUT2D eigenvalue weighted by atomic mass is 10.0. The van der Waals surface area contributed by atoms with Crippen molar-refractivity contribution in [1.82, 2.24) is 10.2 Å². The number of amides is 1. The average Bonchev–Trinajstić information content (AvgIpc) is 2.61. The van der Waals surface area contributed by atoms with E-state index in [4.69, 9.17) is 9.47 Å². The Morgan fingerprint density at radius 2 is 2.15 bits per heavy atom. The van der Waals surface area contributed by atoms with Crippen molar-refractivity contribution in [3.8, 4) is 11.5 Å². The fourth-order valence-electron chi connectivity index (χ4n) is 3.25. The molecule has 1 saturated heterocycles. The standard InChI is InChI=1S/C21H34N2O3/c1-16(2)9-13-26-19-8-7-18(14-20(19)25-4)21(24)22-10-12-23-11-5-6-17(3)15-23/h7-8,14,16-17H,5-6,9-13,15H2,1-4H3,(H,22,24). The number of benzene rings is 1. The number of hydrogen-bond acceptors (Lipinski definition) is 4. The van der Waals surface area contributed by atoms with Crippen molar-refractivity contribution >= 4 is 5.91 Å². The van der Waals surface area contributed by atoms with Crippen molar-refractivity contribution in [3.63, 3.8) is 0 Å². The minimum Gasteiger partial charge on any atom is -0.493 e. The Labute approximate surface area is 158 Å². The summed E-state index contributed by atoms with van der Waals surface area (Å²) in [5.74, 6) is 2.57. The molecule has 146 valence electrons. The first kappa shape index (κ1) is 20.6.